The smallest absolute Gasteiger partial charge is 0.238 e. The molecule has 0 radical (unpaired) electrons. The molecular formula is C21H24N4O3. The number of nitrogens with zero attached hydrogens (tertiary/aromatic N) is 2. The van der Waals surface area contributed by atoms with Crippen molar-refractivity contribution in [3.05, 3.63) is 48.2 Å². The number of anilines is 1. The van der Waals surface area contributed by atoms with E-state index in [1.807, 2.05) is 37.3 Å². The number of hydrogen-bond acceptors (Lipinski definition) is 5. The number of carbonyl (C=O) groups is 1. The average Bonchev–Trinajstić information content (AvgIpc) is 3.35. The third-order valence-electron chi connectivity index (χ3n) is 6.11. The third-order valence-corrected chi connectivity index (χ3v) is 6.11. The molecule has 0 saturated carbocycles. The number of piperidine rings is 1. The molecule has 1 amide bonds. The Balaban J connectivity index is 1.26. The van der Waals surface area contributed by atoms with Crippen LogP contribution in [0.1, 0.15) is 37.3 Å². The summed E-state index contributed by atoms with van der Waals surface area (Å²) in [5, 5.41) is 14.1. The molecule has 2 aliphatic heterocycles. The molecule has 2 atom stereocenters. The van der Waals surface area contributed by atoms with Gasteiger partial charge in [0.05, 0.1) is 23.8 Å². The number of aromatic amines is 1. The van der Waals surface area contributed by atoms with Crippen molar-refractivity contribution in [3.8, 4) is 0 Å². The number of H-pyrrole nitrogens is 1. The monoisotopic (exact) mass is 380 g/mol. The van der Waals surface area contributed by atoms with Crippen LogP contribution in [0.4, 0.5) is 5.69 Å². The highest BCUT2D eigenvalue weighted by atomic mass is 16.4. The molecule has 146 valence electrons. The summed E-state index contributed by atoms with van der Waals surface area (Å²) >= 11 is 0. The first-order valence-corrected chi connectivity index (χ1v) is 9.78. The maximum Gasteiger partial charge on any atom is 0.238 e. The quantitative estimate of drug-likeness (QED) is 0.647. The van der Waals surface area contributed by atoms with E-state index in [9.17, 15) is 9.90 Å². The number of nitrogens with one attached hydrogen (secondary N) is 2. The molecule has 28 heavy (non-hydrogen) atoms. The number of amides is 1. The molecule has 2 aliphatic rings. The van der Waals surface area contributed by atoms with Gasteiger partial charge >= 0.3 is 0 Å². The molecule has 2 saturated heterocycles. The van der Waals surface area contributed by atoms with Crippen LogP contribution in [0.15, 0.2) is 41.0 Å². The minimum absolute atomic E-state index is 0.0316. The molecule has 4 heterocycles. The van der Waals surface area contributed by atoms with Crippen molar-refractivity contribution < 1.29 is 14.3 Å². The maximum atomic E-state index is 12.7. The standard InChI is InChI=1S/C21H24N4O3/c1-13-22-17-7-4-14(9-18(17)23-13)24-20(26)12-25-15-5-6-16(25)11-21(27,10-15)19-3-2-8-28-19/h2-4,7-9,15-16,27H,5-6,10-12H2,1H3,(H,22,23)(H,24,26)/t15-,16-/m1/s1. The normalized spacial score (nSPS) is 27.4. The van der Waals surface area contributed by atoms with Crippen LogP contribution in [0.5, 0.6) is 0 Å². The van der Waals surface area contributed by atoms with Crippen LogP contribution < -0.4 is 5.32 Å². The number of furan rings is 1. The van der Waals surface area contributed by atoms with Gasteiger partial charge in [-0.25, -0.2) is 4.98 Å². The lowest BCUT2D eigenvalue weighted by molar-refractivity contribution is -0.121. The zero-order chi connectivity index (χ0) is 19.3. The summed E-state index contributed by atoms with van der Waals surface area (Å²) in [6, 6.07) is 9.73. The van der Waals surface area contributed by atoms with Crippen LogP contribution in [0.3, 0.4) is 0 Å². The van der Waals surface area contributed by atoms with Crippen molar-refractivity contribution in [2.24, 2.45) is 0 Å². The van der Waals surface area contributed by atoms with Crippen LogP contribution in [-0.2, 0) is 10.4 Å². The van der Waals surface area contributed by atoms with E-state index in [-0.39, 0.29) is 18.0 Å². The van der Waals surface area contributed by atoms with Gasteiger partial charge in [-0.3, -0.25) is 9.69 Å². The first-order valence-electron chi connectivity index (χ1n) is 9.78. The Morgan fingerprint density at radius 1 is 1.36 bits per heavy atom. The molecule has 3 aromatic rings. The predicted octanol–water partition coefficient (Wildman–Crippen LogP) is 2.92. The van der Waals surface area contributed by atoms with Crippen molar-refractivity contribution in [1.29, 1.82) is 0 Å². The summed E-state index contributed by atoms with van der Waals surface area (Å²) in [6.07, 6.45) is 4.81. The molecule has 2 aromatic heterocycles. The van der Waals surface area contributed by atoms with E-state index in [0.29, 0.717) is 25.1 Å². The minimum Gasteiger partial charge on any atom is -0.466 e. The van der Waals surface area contributed by atoms with E-state index in [1.54, 1.807) is 6.26 Å². The summed E-state index contributed by atoms with van der Waals surface area (Å²) in [6.45, 7) is 2.25. The molecule has 0 aliphatic carbocycles. The molecule has 5 rings (SSSR count). The van der Waals surface area contributed by atoms with Crippen LogP contribution in [0.25, 0.3) is 11.0 Å². The van der Waals surface area contributed by atoms with E-state index < -0.39 is 5.60 Å². The van der Waals surface area contributed by atoms with E-state index in [4.69, 9.17) is 4.42 Å². The molecule has 0 unspecified atom stereocenters. The molecule has 7 heteroatoms. The first-order chi connectivity index (χ1) is 13.5. The van der Waals surface area contributed by atoms with Gasteiger partial charge in [0.2, 0.25) is 5.91 Å². The summed E-state index contributed by atoms with van der Waals surface area (Å²) in [5.41, 5.74) is 1.64. The van der Waals surface area contributed by atoms with Crippen molar-refractivity contribution in [2.45, 2.75) is 50.3 Å². The second-order valence-electron chi connectivity index (χ2n) is 8.08. The van der Waals surface area contributed by atoms with Gasteiger partial charge in [0.25, 0.3) is 0 Å². The molecule has 0 spiro atoms. The average molecular weight is 380 g/mol. The zero-order valence-corrected chi connectivity index (χ0v) is 15.8. The number of aryl methyl sites for hydroxylation is 1. The summed E-state index contributed by atoms with van der Waals surface area (Å²) in [5.74, 6) is 1.46. The molecule has 7 nitrogen and oxygen atoms in total. The fourth-order valence-corrected chi connectivity index (χ4v) is 4.90. The number of carbonyl (C=O) groups excluding carboxylic acids is 1. The number of rotatable bonds is 4. The van der Waals surface area contributed by atoms with Gasteiger partial charge in [-0.1, -0.05) is 0 Å². The molecule has 2 fully saturated rings. The van der Waals surface area contributed by atoms with Gasteiger partial charge in [0.1, 0.15) is 17.2 Å². The second kappa shape index (κ2) is 6.46. The summed E-state index contributed by atoms with van der Waals surface area (Å²) in [4.78, 5) is 22.5. The Kier molecular flexibility index (Phi) is 4.03. The van der Waals surface area contributed by atoms with Gasteiger partial charge < -0.3 is 19.8 Å². The summed E-state index contributed by atoms with van der Waals surface area (Å²) < 4.78 is 5.48. The molecule has 3 N–H and O–H groups in total. The number of imidazole rings is 1. The largest absolute Gasteiger partial charge is 0.466 e. The Labute approximate surface area is 162 Å². The Hall–Kier alpha value is -2.64. The second-order valence-corrected chi connectivity index (χ2v) is 8.08. The fourth-order valence-electron chi connectivity index (χ4n) is 4.90. The molecule has 1 aromatic carbocycles. The number of hydrogen-bond donors (Lipinski definition) is 3. The number of benzene rings is 1. The predicted molar refractivity (Wildman–Crippen MR) is 105 cm³/mol. The van der Waals surface area contributed by atoms with Crippen molar-refractivity contribution in [3.63, 3.8) is 0 Å². The lowest BCUT2D eigenvalue weighted by Gasteiger charge is -2.42. The highest BCUT2D eigenvalue weighted by molar-refractivity contribution is 5.94. The minimum atomic E-state index is -0.925. The van der Waals surface area contributed by atoms with Gasteiger partial charge in [0.15, 0.2) is 0 Å². The number of aromatic nitrogens is 2. The van der Waals surface area contributed by atoms with Gasteiger partial charge in [-0.05, 0) is 62.9 Å². The SMILES string of the molecule is Cc1nc2ccc(NC(=O)CN3[C@@H]4CC[C@@H]3CC(O)(c3ccco3)C4)cc2[nH]1. The highest BCUT2D eigenvalue weighted by Crippen LogP contribution is 2.45. The van der Waals surface area contributed by atoms with Crippen molar-refractivity contribution >= 4 is 22.6 Å². The van der Waals surface area contributed by atoms with Gasteiger partial charge in [-0.15, -0.1) is 0 Å². The van der Waals surface area contributed by atoms with Gasteiger partial charge in [0, 0.05) is 17.8 Å². The Morgan fingerprint density at radius 3 is 2.86 bits per heavy atom. The van der Waals surface area contributed by atoms with Crippen LogP contribution in [0.2, 0.25) is 0 Å². The van der Waals surface area contributed by atoms with Crippen molar-refractivity contribution in [1.82, 2.24) is 14.9 Å². The van der Waals surface area contributed by atoms with Crippen LogP contribution >= 0.6 is 0 Å². The first kappa shape index (κ1) is 17.5. The Morgan fingerprint density at radius 2 is 2.14 bits per heavy atom. The van der Waals surface area contributed by atoms with E-state index in [0.717, 1.165) is 35.4 Å². The summed E-state index contributed by atoms with van der Waals surface area (Å²) in [7, 11) is 0. The van der Waals surface area contributed by atoms with Crippen LogP contribution in [-0.4, -0.2) is 44.5 Å². The van der Waals surface area contributed by atoms with Gasteiger partial charge in [-0.2, -0.15) is 0 Å². The van der Waals surface area contributed by atoms with E-state index in [2.05, 4.69) is 20.2 Å². The lowest BCUT2D eigenvalue weighted by atomic mass is 9.84. The fraction of sp³-hybridized carbons (Fsp3) is 0.429. The highest BCUT2D eigenvalue weighted by Gasteiger charge is 2.49. The van der Waals surface area contributed by atoms with E-state index in [1.165, 1.54) is 0 Å². The Bertz CT molecular complexity index is 996. The number of fused-ring (bicyclic) bond motifs is 3. The maximum absolute atomic E-state index is 12.7. The number of aliphatic hydroxyl groups is 1. The zero-order valence-electron chi connectivity index (χ0n) is 15.8. The van der Waals surface area contributed by atoms with Crippen molar-refractivity contribution in [2.75, 3.05) is 11.9 Å². The molecule has 2 bridgehead atoms. The van der Waals surface area contributed by atoms with E-state index >= 15 is 0 Å². The third kappa shape index (κ3) is 3.00. The van der Waals surface area contributed by atoms with Crippen LogP contribution in [0, 0.1) is 6.92 Å². The molecular weight excluding hydrogens is 356 g/mol. The lowest BCUT2D eigenvalue weighted by Crippen LogP contribution is -2.51. The topological polar surface area (TPSA) is 94.4 Å².